The lowest BCUT2D eigenvalue weighted by atomic mass is 9.89. The molecule has 1 aliphatic heterocycles. The number of aliphatic hydroxyl groups excluding tert-OH is 1. The number of hydrogen-bond donors (Lipinski definition) is 1. The molecule has 1 saturated heterocycles. The first kappa shape index (κ1) is 7.98. The summed E-state index contributed by atoms with van der Waals surface area (Å²) in [5.41, 5.74) is -0.0613. The summed E-state index contributed by atoms with van der Waals surface area (Å²) >= 11 is 0. The van der Waals surface area contributed by atoms with Gasteiger partial charge in [0.1, 0.15) is 6.10 Å². The first-order valence-electron chi connectivity index (χ1n) is 3.40. The van der Waals surface area contributed by atoms with Crippen molar-refractivity contribution in [1.29, 1.82) is 0 Å². The molecule has 0 bridgehead atoms. The zero-order valence-electron chi connectivity index (χ0n) is 6.63. The van der Waals surface area contributed by atoms with Crippen LogP contribution < -0.4 is 0 Å². The highest BCUT2D eigenvalue weighted by molar-refractivity contribution is 4.86. The molecule has 1 fully saturated rings. The van der Waals surface area contributed by atoms with Gasteiger partial charge in [-0.1, -0.05) is 13.8 Å². The van der Waals surface area contributed by atoms with Crippen molar-refractivity contribution in [3.63, 3.8) is 0 Å². The fourth-order valence-corrected chi connectivity index (χ4v) is 1.29. The molecule has 2 unspecified atom stereocenters. The lowest BCUT2D eigenvalue weighted by Gasteiger charge is -2.23. The predicted molar refractivity (Wildman–Crippen MR) is 36.5 cm³/mol. The third-order valence-corrected chi connectivity index (χ3v) is 1.91. The van der Waals surface area contributed by atoms with E-state index >= 15 is 0 Å². The van der Waals surface area contributed by atoms with Crippen molar-refractivity contribution in [2.24, 2.45) is 5.41 Å². The summed E-state index contributed by atoms with van der Waals surface area (Å²) in [7, 11) is 1.59. The zero-order valence-corrected chi connectivity index (χ0v) is 6.63. The van der Waals surface area contributed by atoms with Crippen LogP contribution in [0.15, 0.2) is 0 Å². The molecule has 3 heteroatoms. The zero-order chi connectivity index (χ0) is 7.78. The van der Waals surface area contributed by atoms with Crippen molar-refractivity contribution in [2.45, 2.75) is 26.2 Å². The first-order chi connectivity index (χ1) is 4.58. The van der Waals surface area contributed by atoms with Gasteiger partial charge in [0.25, 0.3) is 0 Å². The molecule has 0 amide bonds. The number of rotatable bonds is 1. The maximum absolute atomic E-state index is 9.18. The fourth-order valence-electron chi connectivity index (χ4n) is 1.29. The van der Waals surface area contributed by atoms with E-state index in [0.717, 1.165) is 0 Å². The summed E-state index contributed by atoms with van der Waals surface area (Å²) in [5, 5.41) is 9.18. The molecule has 10 heavy (non-hydrogen) atoms. The second-order valence-corrected chi connectivity index (χ2v) is 3.35. The van der Waals surface area contributed by atoms with Crippen LogP contribution in [-0.4, -0.2) is 31.2 Å². The molecule has 0 saturated carbocycles. The second-order valence-electron chi connectivity index (χ2n) is 3.35. The molecule has 1 rings (SSSR count). The van der Waals surface area contributed by atoms with Gasteiger partial charge in [-0.2, -0.15) is 0 Å². The summed E-state index contributed by atoms with van der Waals surface area (Å²) in [4.78, 5) is 0. The van der Waals surface area contributed by atoms with E-state index in [4.69, 9.17) is 9.47 Å². The molecular weight excluding hydrogens is 132 g/mol. The van der Waals surface area contributed by atoms with Crippen molar-refractivity contribution in [2.75, 3.05) is 13.7 Å². The number of ether oxygens (including phenoxy) is 2. The Bertz CT molecular complexity index is 122. The first-order valence-corrected chi connectivity index (χ1v) is 3.40. The van der Waals surface area contributed by atoms with E-state index in [1.807, 2.05) is 13.8 Å². The van der Waals surface area contributed by atoms with Crippen LogP contribution in [-0.2, 0) is 9.47 Å². The summed E-state index contributed by atoms with van der Waals surface area (Å²) in [5.74, 6) is 0. The molecule has 1 N–H and O–H groups in total. The van der Waals surface area contributed by atoms with Crippen molar-refractivity contribution < 1.29 is 14.6 Å². The van der Waals surface area contributed by atoms with Crippen molar-refractivity contribution >= 4 is 0 Å². The molecule has 0 aromatic carbocycles. The normalized spacial score (nSPS) is 38.4. The minimum Gasteiger partial charge on any atom is -0.376 e. The van der Waals surface area contributed by atoms with E-state index in [-0.39, 0.29) is 11.5 Å². The standard InChI is InChI=1S/C7H14O3/c1-7(2)4-10-6(8)5(7)9-3/h5-6,8H,4H2,1-3H3. The van der Waals surface area contributed by atoms with E-state index in [9.17, 15) is 5.11 Å². The van der Waals surface area contributed by atoms with E-state index < -0.39 is 6.29 Å². The molecule has 60 valence electrons. The predicted octanol–water partition coefficient (Wildman–Crippen LogP) is 0.376. The molecular formula is C7H14O3. The van der Waals surface area contributed by atoms with Crippen LogP contribution in [0, 0.1) is 5.41 Å². The topological polar surface area (TPSA) is 38.7 Å². The van der Waals surface area contributed by atoms with Crippen LogP contribution >= 0.6 is 0 Å². The van der Waals surface area contributed by atoms with Crippen LogP contribution in [0.4, 0.5) is 0 Å². The van der Waals surface area contributed by atoms with E-state index in [0.29, 0.717) is 6.61 Å². The van der Waals surface area contributed by atoms with Crippen molar-refractivity contribution in [3.05, 3.63) is 0 Å². The maximum Gasteiger partial charge on any atom is 0.181 e. The van der Waals surface area contributed by atoms with Gasteiger partial charge in [-0.25, -0.2) is 0 Å². The molecule has 0 aromatic rings. The Morgan fingerprint density at radius 2 is 2.20 bits per heavy atom. The minimum absolute atomic E-state index is 0.0613. The van der Waals surface area contributed by atoms with Crippen LogP contribution in [0.2, 0.25) is 0 Å². The van der Waals surface area contributed by atoms with Crippen LogP contribution in [0.5, 0.6) is 0 Å². The van der Waals surface area contributed by atoms with Gasteiger partial charge in [0.15, 0.2) is 6.29 Å². The van der Waals surface area contributed by atoms with Crippen LogP contribution in [0.1, 0.15) is 13.8 Å². The SMILES string of the molecule is COC1C(O)OCC1(C)C. The van der Waals surface area contributed by atoms with Crippen LogP contribution in [0.3, 0.4) is 0 Å². The van der Waals surface area contributed by atoms with Gasteiger partial charge >= 0.3 is 0 Å². The summed E-state index contributed by atoms with van der Waals surface area (Å²) in [6.45, 7) is 4.58. The summed E-state index contributed by atoms with van der Waals surface area (Å²) in [6.07, 6.45) is -0.938. The third kappa shape index (κ3) is 1.17. The third-order valence-electron chi connectivity index (χ3n) is 1.91. The average Bonchev–Trinajstić information content (AvgIpc) is 2.07. The van der Waals surface area contributed by atoms with Gasteiger partial charge in [-0.15, -0.1) is 0 Å². The van der Waals surface area contributed by atoms with Gasteiger partial charge in [-0.3, -0.25) is 0 Å². The molecule has 0 radical (unpaired) electrons. The monoisotopic (exact) mass is 146 g/mol. The van der Waals surface area contributed by atoms with E-state index in [1.54, 1.807) is 7.11 Å². The number of aliphatic hydroxyl groups is 1. The molecule has 3 nitrogen and oxygen atoms in total. The fraction of sp³-hybridized carbons (Fsp3) is 1.00. The lowest BCUT2D eigenvalue weighted by molar-refractivity contribution is -0.123. The molecule has 0 spiro atoms. The van der Waals surface area contributed by atoms with Gasteiger partial charge in [0.05, 0.1) is 6.61 Å². The lowest BCUT2D eigenvalue weighted by Crippen LogP contribution is -2.34. The van der Waals surface area contributed by atoms with Crippen LogP contribution in [0.25, 0.3) is 0 Å². The average molecular weight is 146 g/mol. The Kier molecular flexibility index (Phi) is 1.99. The summed E-state index contributed by atoms with van der Waals surface area (Å²) < 4.78 is 10.1. The quantitative estimate of drug-likeness (QED) is 0.581. The highest BCUT2D eigenvalue weighted by Crippen LogP contribution is 2.32. The molecule has 2 atom stereocenters. The second kappa shape index (κ2) is 2.49. The van der Waals surface area contributed by atoms with Gasteiger partial charge in [-0.05, 0) is 0 Å². The number of methoxy groups -OCH3 is 1. The Labute approximate surface area is 60.9 Å². The van der Waals surface area contributed by atoms with Gasteiger partial charge in [0, 0.05) is 12.5 Å². The highest BCUT2D eigenvalue weighted by Gasteiger charge is 2.42. The Hall–Kier alpha value is -0.120. The largest absolute Gasteiger partial charge is 0.376 e. The maximum atomic E-state index is 9.18. The molecule has 1 aliphatic rings. The minimum atomic E-state index is -0.750. The van der Waals surface area contributed by atoms with Gasteiger partial charge < -0.3 is 14.6 Å². The van der Waals surface area contributed by atoms with E-state index in [1.165, 1.54) is 0 Å². The Morgan fingerprint density at radius 3 is 2.40 bits per heavy atom. The van der Waals surface area contributed by atoms with Gasteiger partial charge in [0.2, 0.25) is 0 Å². The van der Waals surface area contributed by atoms with Crippen molar-refractivity contribution in [1.82, 2.24) is 0 Å². The smallest absolute Gasteiger partial charge is 0.181 e. The molecule has 1 heterocycles. The van der Waals surface area contributed by atoms with E-state index in [2.05, 4.69) is 0 Å². The van der Waals surface area contributed by atoms with Crippen molar-refractivity contribution in [3.8, 4) is 0 Å². The molecule has 0 aromatic heterocycles. The Morgan fingerprint density at radius 1 is 1.60 bits per heavy atom. The Balaban J connectivity index is 2.63. The summed E-state index contributed by atoms with van der Waals surface area (Å²) in [6, 6.07) is 0. The highest BCUT2D eigenvalue weighted by atomic mass is 16.6. The molecule has 0 aliphatic carbocycles. The number of hydrogen-bond acceptors (Lipinski definition) is 3.